The Kier molecular flexibility index (Phi) is 11.0. The molecule has 0 unspecified atom stereocenters. The molecule has 0 radical (unpaired) electrons. The van der Waals surface area contributed by atoms with E-state index in [0.717, 1.165) is 60.0 Å². The summed E-state index contributed by atoms with van der Waals surface area (Å²) >= 11 is 6.83. The van der Waals surface area contributed by atoms with Crippen LogP contribution in [0.1, 0.15) is 31.2 Å². The van der Waals surface area contributed by atoms with Crippen molar-refractivity contribution in [3.63, 3.8) is 0 Å². The van der Waals surface area contributed by atoms with Crippen LogP contribution in [0.5, 0.6) is 11.5 Å². The molecule has 0 bridgehead atoms. The third kappa shape index (κ3) is 8.07. The third-order valence-electron chi connectivity index (χ3n) is 2.95. The summed E-state index contributed by atoms with van der Waals surface area (Å²) in [5.41, 5.74) is 1.11. The van der Waals surface area contributed by atoms with E-state index in [1.54, 1.807) is 7.11 Å². The molecule has 0 fully saturated rings. The first-order chi connectivity index (χ1) is 10.3. The summed E-state index contributed by atoms with van der Waals surface area (Å²) in [5.74, 6) is 1.57. The van der Waals surface area contributed by atoms with Gasteiger partial charge in [0, 0.05) is 17.3 Å². The smallest absolute Gasteiger partial charge is 0.161 e. The van der Waals surface area contributed by atoms with E-state index in [4.69, 9.17) is 14.2 Å². The van der Waals surface area contributed by atoms with Crippen molar-refractivity contribution in [3.05, 3.63) is 23.8 Å². The quantitative estimate of drug-likeness (QED) is 0.352. The van der Waals surface area contributed by atoms with Crippen LogP contribution in [-0.2, 0) is 11.3 Å². The lowest BCUT2D eigenvalue weighted by Gasteiger charge is -2.12. The predicted molar refractivity (Wildman–Crippen MR) is 94.2 cm³/mol. The molecule has 0 saturated heterocycles. The molecule has 1 aromatic rings. The van der Waals surface area contributed by atoms with E-state index >= 15 is 0 Å². The number of rotatable bonds is 12. The highest BCUT2D eigenvalue weighted by Crippen LogP contribution is 2.28. The van der Waals surface area contributed by atoms with E-state index in [1.165, 1.54) is 0 Å². The fourth-order valence-corrected chi connectivity index (χ4v) is 2.58. The molecule has 21 heavy (non-hydrogen) atoms. The Balaban J connectivity index is 2.42. The topological polar surface area (TPSA) is 27.7 Å². The maximum absolute atomic E-state index is 5.75. The van der Waals surface area contributed by atoms with E-state index < -0.39 is 0 Å². The Morgan fingerprint density at radius 3 is 2.29 bits per heavy atom. The maximum Gasteiger partial charge on any atom is 0.161 e. The molecule has 120 valence electrons. The van der Waals surface area contributed by atoms with Crippen molar-refractivity contribution in [1.82, 2.24) is 0 Å². The van der Waals surface area contributed by atoms with Gasteiger partial charge in [-0.05, 0) is 43.4 Å². The van der Waals surface area contributed by atoms with Gasteiger partial charge in [-0.2, -0.15) is 0 Å². The number of halogens is 2. The first kappa shape index (κ1) is 18.8. The summed E-state index contributed by atoms with van der Waals surface area (Å²) in [6.45, 7) is 2.12. The lowest BCUT2D eigenvalue weighted by atomic mass is 10.2. The lowest BCUT2D eigenvalue weighted by Crippen LogP contribution is -2.01. The highest BCUT2D eigenvalue weighted by molar-refractivity contribution is 9.09. The van der Waals surface area contributed by atoms with Crippen LogP contribution in [0.4, 0.5) is 0 Å². The van der Waals surface area contributed by atoms with Crippen LogP contribution in [0.15, 0.2) is 18.2 Å². The fraction of sp³-hybridized carbons (Fsp3) is 0.625. The minimum absolute atomic E-state index is 0.614. The minimum atomic E-state index is 0.614. The van der Waals surface area contributed by atoms with Crippen LogP contribution >= 0.6 is 31.9 Å². The Bertz CT molecular complexity index is 386. The summed E-state index contributed by atoms with van der Waals surface area (Å²) in [6, 6.07) is 5.99. The second-order valence-corrected chi connectivity index (χ2v) is 6.26. The molecule has 0 atom stereocenters. The Labute approximate surface area is 144 Å². The first-order valence-electron chi connectivity index (χ1n) is 7.31. The molecular weight excluding hydrogens is 400 g/mol. The largest absolute Gasteiger partial charge is 0.493 e. The van der Waals surface area contributed by atoms with Gasteiger partial charge in [-0.3, -0.25) is 0 Å². The maximum atomic E-state index is 5.75. The van der Waals surface area contributed by atoms with Crippen molar-refractivity contribution in [2.75, 3.05) is 31.0 Å². The Morgan fingerprint density at radius 2 is 1.62 bits per heavy atom. The van der Waals surface area contributed by atoms with Gasteiger partial charge in [-0.15, -0.1) is 0 Å². The Morgan fingerprint density at radius 1 is 0.905 bits per heavy atom. The van der Waals surface area contributed by atoms with Crippen LogP contribution in [0, 0.1) is 0 Å². The average Bonchev–Trinajstić information content (AvgIpc) is 2.52. The zero-order valence-electron chi connectivity index (χ0n) is 12.6. The van der Waals surface area contributed by atoms with E-state index in [2.05, 4.69) is 31.9 Å². The minimum Gasteiger partial charge on any atom is -0.493 e. The molecule has 0 saturated carbocycles. The van der Waals surface area contributed by atoms with Gasteiger partial charge in [0.25, 0.3) is 0 Å². The number of ether oxygens (including phenoxy) is 3. The summed E-state index contributed by atoms with van der Waals surface area (Å²) in [6.07, 6.45) is 4.37. The molecule has 0 spiro atoms. The molecule has 5 heteroatoms. The van der Waals surface area contributed by atoms with Crippen LogP contribution < -0.4 is 9.47 Å². The number of alkyl halides is 2. The van der Waals surface area contributed by atoms with Gasteiger partial charge in [0.15, 0.2) is 11.5 Å². The molecular formula is C16H24Br2O3. The number of benzene rings is 1. The molecule has 1 rings (SSSR count). The second-order valence-electron chi connectivity index (χ2n) is 4.68. The van der Waals surface area contributed by atoms with Crippen molar-refractivity contribution in [1.29, 1.82) is 0 Å². The molecule has 1 aromatic carbocycles. The average molecular weight is 424 g/mol. The van der Waals surface area contributed by atoms with Gasteiger partial charge < -0.3 is 14.2 Å². The second kappa shape index (κ2) is 12.3. The van der Waals surface area contributed by atoms with Gasteiger partial charge in [0.2, 0.25) is 0 Å². The number of hydrogen-bond donors (Lipinski definition) is 0. The zero-order valence-corrected chi connectivity index (χ0v) is 15.7. The standard InChI is InChI=1S/C16H24Br2O3/c1-19-16-12-14(13-20-10-4-2-8-17)6-7-15(16)21-11-5-3-9-18/h6-7,12H,2-5,8-11,13H2,1H3. The SMILES string of the molecule is COc1cc(COCCCCBr)ccc1OCCCCBr. The molecule has 0 N–H and O–H groups in total. The third-order valence-corrected chi connectivity index (χ3v) is 4.08. The molecule has 0 aliphatic heterocycles. The normalized spacial score (nSPS) is 10.6. The van der Waals surface area contributed by atoms with Crippen molar-refractivity contribution in [3.8, 4) is 11.5 Å². The van der Waals surface area contributed by atoms with Crippen molar-refractivity contribution < 1.29 is 14.2 Å². The molecule has 0 aromatic heterocycles. The lowest BCUT2D eigenvalue weighted by molar-refractivity contribution is 0.118. The molecule has 0 aliphatic carbocycles. The monoisotopic (exact) mass is 422 g/mol. The van der Waals surface area contributed by atoms with Crippen LogP contribution in [0.25, 0.3) is 0 Å². The highest BCUT2D eigenvalue weighted by atomic mass is 79.9. The van der Waals surface area contributed by atoms with Crippen LogP contribution in [0.2, 0.25) is 0 Å². The Hall–Kier alpha value is -0.260. The van der Waals surface area contributed by atoms with Gasteiger partial charge in [0.05, 0.1) is 20.3 Å². The summed E-state index contributed by atoms with van der Waals surface area (Å²) < 4.78 is 16.8. The van der Waals surface area contributed by atoms with Gasteiger partial charge in [-0.25, -0.2) is 0 Å². The molecule has 0 aliphatic rings. The van der Waals surface area contributed by atoms with Crippen LogP contribution in [-0.4, -0.2) is 31.0 Å². The van der Waals surface area contributed by atoms with E-state index in [-0.39, 0.29) is 0 Å². The number of methoxy groups -OCH3 is 1. The van der Waals surface area contributed by atoms with Gasteiger partial charge in [0.1, 0.15) is 0 Å². The molecule has 3 nitrogen and oxygen atoms in total. The van der Waals surface area contributed by atoms with Crippen molar-refractivity contribution >= 4 is 31.9 Å². The van der Waals surface area contributed by atoms with E-state index in [0.29, 0.717) is 13.2 Å². The van der Waals surface area contributed by atoms with E-state index in [1.807, 2.05) is 18.2 Å². The summed E-state index contributed by atoms with van der Waals surface area (Å²) in [5, 5.41) is 2.05. The fourth-order valence-electron chi connectivity index (χ4n) is 1.79. The number of unbranched alkanes of at least 4 members (excludes halogenated alkanes) is 2. The van der Waals surface area contributed by atoms with Gasteiger partial charge in [-0.1, -0.05) is 37.9 Å². The summed E-state index contributed by atoms with van der Waals surface area (Å²) in [7, 11) is 1.67. The van der Waals surface area contributed by atoms with Crippen molar-refractivity contribution in [2.24, 2.45) is 0 Å². The predicted octanol–water partition coefficient (Wildman–Crippen LogP) is 4.94. The van der Waals surface area contributed by atoms with Crippen molar-refractivity contribution in [2.45, 2.75) is 32.3 Å². The first-order valence-corrected chi connectivity index (χ1v) is 9.55. The molecule has 0 amide bonds. The van der Waals surface area contributed by atoms with Crippen LogP contribution in [0.3, 0.4) is 0 Å². The van der Waals surface area contributed by atoms with Gasteiger partial charge >= 0.3 is 0 Å². The highest BCUT2D eigenvalue weighted by Gasteiger charge is 2.06. The van der Waals surface area contributed by atoms with E-state index in [9.17, 15) is 0 Å². The summed E-state index contributed by atoms with van der Waals surface area (Å²) in [4.78, 5) is 0. The number of hydrogen-bond acceptors (Lipinski definition) is 3. The molecule has 0 heterocycles. The zero-order chi connectivity index (χ0) is 15.3.